The highest BCUT2D eigenvalue weighted by Gasteiger charge is 2.57. The number of hydrogen-bond acceptors (Lipinski definition) is 4. The normalized spacial score (nSPS) is 30.6. The molecule has 4 bridgehead atoms. The molecule has 2 N–H and O–H groups in total. The first kappa shape index (κ1) is 23.0. The van der Waals surface area contributed by atoms with E-state index in [-0.39, 0.29) is 24.1 Å². The van der Waals surface area contributed by atoms with Crippen LogP contribution in [0.5, 0.6) is 0 Å². The number of primary amides is 1. The number of carbonyl (C=O) groups excluding carboxylic acids is 4. The topological polar surface area (TPSA) is 101 Å². The molecule has 0 aromatic heterocycles. The molecule has 186 valence electrons. The number of nitrogens with zero attached hydrogens (tertiary/aromatic N) is 2. The van der Waals surface area contributed by atoms with Crippen LogP contribution in [0.4, 0.5) is 5.69 Å². The molecule has 1 aliphatic heterocycles. The molecule has 5 aliphatic rings. The molecule has 0 radical (unpaired) electrons. The predicted molar refractivity (Wildman–Crippen MR) is 133 cm³/mol. The summed E-state index contributed by atoms with van der Waals surface area (Å²) in [6.45, 7) is 0.305. The van der Waals surface area contributed by atoms with Crippen molar-refractivity contribution < 1.29 is 19.2 Å². The summed E-state index contributed by atoms with van der Waals surface area (Å²) >= 11 is 0. The summed E-state index contributed by atoms with van der Waals surface area (Å²) < 4.78 is 0. The molecule has 7 rings (SSSR count). The quantitative estimate of drug-likeness (QED) is 0.631. The lowest BCUT2D eigenvalue weighted by atomic mass is 9.49. The first-order valence-electron chi connectivity index (χ1n) is 12.9. The third-order valence-electron chi connectivity index (χ3n) is 8.86. The van der Waals surface area contributed by atoms with Crippen molar-refractivity contribution >= 4 is 29.3 Å². The molecule has 0 spiro atoms. The van der Waals surface area contributed by atoms with Crippen LogP contribution in [0.25, 0.3) is 0 Å². The summed E-state index contributed by atoms with van der Waals surface area (Å²) in [5.41, 5.74) is 6.56. The number of rotatable bonds is 6. The molecule has 1 saturated heterocycles. The first-order valence-corrected chi connectivity index (χ1v) is 12.9. The largest absolute Gasteiger partial charge is 0.366 e. The number of carbonyl (C=O) groups is 4. The maximum atomic E-state index is 14.4. The van der Waals surface area contributed by atoms with E-state index >= 15 is 0 Å². The molecule has 4 saturated carbocycles. The lowest BCUT2D eigenvalue weighted by Gasteiger charge is -2.57. The molecule has 7 nitrogen and oxygen atoms in total. The molecule has 4 amide bonds. The molecule has 1 atom stereocenters. The van der Waals surface area contributed by atoms with E-state index in [2.05, 4.69) is 0 Å². The van der Waals surface area contributed by atoms with Crippen LogP contribution >= 0.6 is 0 Å². The maximum Gasteiger partial charge on any atom is 0.257 e. The van der Waals surface area contributed by atoms with Crippen LogP contribution in [0.2, 0.25) is 0 Å². The van der Waals surface area contributed by atoms with Gasteiger partial charge in [0.25, 0.3) is 5.91 Å². The number of amides is 4. The summed E-state index contributed by atoms with van der Waals surface area (Å²) in [6, 6.07) is 15.0. The van der Waals surface area contributed by atoms with Gasteiger partial charge >= 0.3 is 0 Å². The van der Waals surface area contributed by atoms with E-state index in [0.717, 1.165) is 29.7 Å². The van der Waals surface area contributed by atoms with Gasteiger partial charge in [-0.1, -0.05) is 30.3 Å². The van der Waals surface area contributed by atoms with Gasteiger partial charge in [-0.3, -0.25) is 19.2 Å². The van der Waals surface area contributed by atoms with Gasteiger partial charge in [0, 0.05) is 12.1 Å². The summed E-state index contributed by atoms with van der Waals surface area (Å²) in [4.78, 5) is 55.5. The van der Waals surface area contributed by atoms with Crippen LogP contribution in [0.15, 0.2) is 54.6 Å². The first-order chi connectivity index (χ1) is 17.3. The molecule has 4 aliphatic carbocycles. The zero-order chi connectivity index (χ0) is 25.0. The van der Waals surface area contributed by atoms with Crippen molar-refractivity contribution in [2.75, 3.05) is 4.90 Å². The van der Waals surface area contributed by atoms with Gasteiger partial charge in [-0.05, 0) is 86.1 Å². The molecule has 5 fully saturated rings. The third kappa shape index (κ3) is 3.81. The zero-order valence-electron chi connectivity index (χ0n) is 20.3. The fourth-order valence-electron chi connectivity index (χ4n) is 7.69. The number of imide groups is 1. The average Bonchev–Trinajstić information content (AvgIpc) is 3.15. The van der Waals surface area contributed by atoms with Crippen LogP contribution in [-0.2, 0) is 20.9 Å². The Balaban J connectivity index is 1.32. The number of nitrogens with two attached hydrogens (primary N) is 1. The lowest BCUT2D eigenvalue weighted by molar-refractivity contribution is -0.162. The zero-order valence-corrected chi connectivity index (χ0v) is 20.3. The van der Waals surface area contributed by atoms with E-state index < -0.39 is 17.4 Å². The average molecular weight is 486 g/mol. The molecule has 2 aromatic rings. The second kappa shape index (κ2) is 8.57. The van der Waals surface area contributed by atoms with Crippen molar-refractivity contribution in [3.8, 4) is 0 Å². The molecule has 1 heterocycles. The van der Waals surface area contributed by atoms with Crippen molar-refractivity contribution in [1.29, 1.82) is 0 Å². The Hall–Kier alpha value is -3.48. The van der Waals surface area contributed by atoms with Gasteiger partial charge < -0.3 is 10.6 Å². The monoisotopic (exact) mass is 485 g/mol. The minimum atomic E-state index is -0.839. The van der Waals surface area contributed by atoms with Crippen molar-refractivity contribution in [2.45, 2.75) is 57.5 Å². The Bertz CT molecular complexity index is 1190. The number of hydrogen-bond donors (Lipinski definition) is 1. The standard InChI is InChI=1S/C29H31N3O4/c30-26(34)22-6-8-23(9-7-22)32-25(33)13-24(27(32)35)31(17-18-4-2-1-3-5-18)28(36)29-14-19-10-20(15-29)12-21(11-19)16-29/h1-9,19-21,24H,10-17H2,(H2,30,34). The van der Waals surface area contributed by atoms with Crippen molar-refractivity contribution in [3.63, 3.8) is 0 Å². The van der Waals surface area contributed by atoms with E-state index in [1.54, 1.807) is 17.0 Å². The van der Waals surface area contributed by atoms with Crippen LogP contribution in [0.1, 0.15) is 60.9 Å². The minimum Gasteiger partial charge on any atom is -0.366 e. The van der Waals surface area contributed by atoms with E-state index in [1.807, 2.05) is 30.3 Å². The van der Waals surface area contributed by atoms with Crippen molar-refractivity contribution in [2.24, 2.45) is 28.9 Å². The molecule has 1 unspecified atom stereocenters. The van der Waals surface area contributed by atoms with Crippen molar-refractivity contribution in [1.82, 2.24) is 4.90 Å². The van der Waals surface area contributed by atoms with Crippen LogP contribution in [-0.4, -0.2) is 34.6 Å². The predicted octanol–water partition coefficient (Wildman–Crippen LogP) is 3.66. The molecular weight excluding hydrogens is 454 g/mol. The minimum absolute atomic E-state index is 0.0403. The third-order valence-corrected chi connectivity index (χ3v) is 8.86. The highest BCUT2D eigenvalue weighted by Crippen LogP contribution is 2.60. The van der Waals surface area contributed by atoms with Gasteiger partial charge in [-0.25, -0.2) is 4.90 Å². The summed E-state index contributed by atoms with van der Waals surface area (Å²) in [5, 5.41) is 0. The number of anilines is 1. The highest BCUT2D eigenvalue weighted by atomic mass is 16.2. The Labute approximate surface area is 210 Å². The van der Waals surface area contributed by atoms with E-state index in [1.165, 1.54) is 31.4 Å². The summed E-state index contributed by atoms with van der Waals surface area (Å²) in [6.07, 6.45) is 6.33. The summed E-state index contributed by atoms with van der Waals surface area (Å²) in [7, 11) is 0. The Morgan fingerprint density at radius 3 is 2.03 bits per heavy atom. The van der Waals surface area contributed by atoms with Gasteiger partial charge in [0.05, 0.1) is 17.5 Å². The van der Waals surface area contributed by atoms with Crippen LogP contribution < -0.4 is 10.6 Å². The SMILES string of the molecule is NC(=O)c1ccc(N2C(=O)CC(N(Cc3ccccc3)C(=O)C34CC5CC(CC(C5)C3)C4)C2=O)cc1. The molecule has 2 aromatic carbocycles. The van der Waals surface area contributed by atoms with Gasteiger partial charge in [0.1, 0.15) is 6.04 Å². The molecule has 36 heavy (non-hydrogen) atoms. The fraction of sp³-hybridized carbons (Fsp3) is 0.448. The van der Waals surface area contributed by atoms with Gasteiger partial charge in [0.2, 0.25) is 17.7 Å². The molecule has 7 heteroatoms. The Kier molecular flexibility index (Phi) is 5.47. The van der Waals surface area contributed by atoms with E-state index in [4.69, 9.17) is 5.73 Å². The molecular formula is C29H31N3O4. The summed E-state index contributed by atoms with van der Waals surface area (Å²) in [5.74, 6) is 0.533. The van der Waals surface area contributed by atoms with Crippen LogP contribution in [0.3, 0.4) is 0 Å². The van der Waals surface area contributed by atoms with E-state index in [9.17, 15) is 19.2 Å². The van der Waals surface area contributed by atoms with Crippen LogP contribution in [0, 0.1) is 23.2 Å². The van der Waals surface area contributed by atoms with Gasteiger partial charge in [0.15, 0.2) is 0 Å². The second-order valence-electron chi connectivity index (χ2n) is 11.3. The van der Waals surface area contributed by atoms with Gasteiger partial charge in [-0.2, -0.15) is 0 Å². The second-order valence-corrected chi connectivity index (χ2v) is 11.3. The maximum absolute atomic E-state index is 14.4. The Morgan fingerprint density at radius 2 is 1.47 bits per heavy atom. The smallest absolute Gasteiger partial charge is 0.257 e. The highest BCUT2D eigenvalue weighted by molar-refractivity contribution is 6.23. The van der Waals surface area contributed by atoms with Crippen molar-refractivity contribution in [3.05, 3.63) is 65.7 Å². The number of benzene rings is 2. The van der Waals surface area contributed by atoms with E-state index in [0.29, 0.717) is 35.5 Å². The fourth-order valence-corrected chi connectivity index (χ4v) is 7.69. The van der Waals surface area contributed by atoms with Gasteiger partial charge in [-0.15, -0.1) is 0 Å². The Morgan fingerprint density at radius 1 is 0.889 bits per heavy atom. The lowest BCUT2D eigenvalue weighted by Crippen LogP contribution is -2.57.